The van der Waals surface area contributed by atoms with E-state index in [1.807, 2.05) is 0 Å². The van der Waals surface area contributed by atoms with Gasteiger partial charge in [-0.05, 0) is 12.8 Å². The fraction of sp³-hybridized carbons (Fsp3) is 0.800. The van der Waals surface area contributed by atoms with Crippen LogP contribution in [0, 0.1) is 0 Å². The van der Waals surface area contributed by atoms with E-state index in [2.05, 4.69) is 37.2 Å². The predicted octanol–water partition coefficient (Wildman–Crippen LogP) is -1.49. The molecule has 0 radical (unpaired) electrons. The quantitative estimate of drug-likeness (QED) is 0.0195. The summed E-state index contributed by atoms with van der Waals surface area (Å²) in [6, 6.07) is -3.55. The predicted molar refractivity (Wildman–Crippen MR) is 455 cm³/mol. The zero-order valence-corrected chi connectivity index (χ0v) is 78.6. The number of carboxylic acids is 1. The number of carboxylic acid groups (broad SMARTS) is 1. The highest BCUT2D eigenvalue weighted by Gasteiger charge is 2.55. The zero-order chi connectivity index (χ0) is 99.2. The van der Waals surface area contributed by atoms with Gasteiger partial charge in [0, 0.05) is 135 Å². The van der Waals surface area contributed by atoms with E-state index in [1.165, 1.54) is 20.8 Å². The number of esters is 9. The van der Waals surface area contributed by atoms with Crippen LogP contribution in [0.25, 0.3) is 0 Å². The van der Waals surface area contributed by atoms with E-state index < -0.39 is 218 Å². The highest BCUT2D eigenvalue weighted by atomic mass is 16.7. The van der Waals surface area contributed by atoms with Gasteiger partial charge in [-0.25, -0.2) is 0 Å². The largest absolute Gasteiger partial charge is 0.481 e. The molecular weight excluding hydrogens is 1790 g/mol. The smallest absolute Gasteiger partial charge is 0.303 e. The van der Waals surface area contributed by atoms with Crippen molar-refractivity contribution in [3.63, 3.8) is 0 Å². The molecule has 3 fully saturated rings. The van der Waals surface area contributed by atoms with Gasteiger partial charge in [-0.2, -0.15) is 0 Å². The molecule has 3 saturated heterocycles. The third kappa shape index (κ3) is 54.2. The van der Waals surface area contributed by atoms with Crippen molar-refractivity contribution in [2.75, 3.05) is 178 Å². The van der Waals surface area contributed by atoms with Crippen molar-refractivity contribution in [1.82, 2.24) is 37.2 Å². The van der Waals surface area contributed by atoms with Gasteiger partial charge >= 0.3 is 59.7 Å². The Bertz CT molecular complexity index is 3270. The van der Waals surface area contributed by atoms with Crippen molar-refractivity contribution < 1.29 is 200 Å². The molecule has 49 nitrogen and oxygen atoms in total. The van der Waals surface area contributed by atoms with Crippen LogP contribution in [0.15, 0.2) is 0 Å². The van der Waals surface area contributed by atoms with Crippen molar-refractivity contribution in [3.05, 3.63) is 0 Å². The fourth-order valence-corrected chi connectivity index (χ4v) is 13.5. The van der Waals surface area contributed by atoms with Crippen LogP contribution in [0.2, 0.25) is 0 Å². The maximum absolute atomic E-state index is 14.0. The number of nitrogens with one attached hydrogen (secondary N) is 7. The lowest BCUT2D eigenvalue weighted by molar-refractivity contribution is -0.279. The lowest BCUT2D eigenvalue weighted by Gasteiger charge is -2.44. The van der Waals surface area contributed by atoms with Crippen LogP contribution in [0.3, 0.4) is 0 Å². The van der Waals surface area contributed by atoms with E-state index in [4.69, 9.17) is 119 Å². The van der Waals surface area contributed by atoms with Crippen molar-refractivity contribution in [2.45, 2.75) is 264 Å². The number of unbranched alkanes of at least 4 members (excludes halogenated alkanes) is 7. The molecule has 3 heterocycles. The Morgan fingerprint density at radius 2 is 0.515 bits per heavy atom. The van der Waals surface area contributed by atoms with Crippen molar-refractivity contribution in [1.29, 1.82) is 0 Å². The minimum atomic E-state index is -1.47. The molecule has 3 rings (SSSR count). The third-order valence-electron chi connectivity index (χ3n) is 19.1. The Morgan fingerprint density at radius 1 is 0.269 bits per heavy atom. The van der Waals surface area contributed by atoms with Crippen LogP contribution in [0.1, 0.15) is 167 Å². The number of ether oxygens (including phenoxy) is 24. The first-order chi connectivity index (χ1) is 63.9. The van der Waals surface area contributed by atoms with Crippen LogP contribution in [0.5, 0.6) is 0 Å². The van der Waals surface area contributed by atoms with E-state index in [0.717, 1.165) is 94.4 Å². The number of hydrogen-bond acceptors (Lipinski definition) is 41. The molecule has 0 saturated carbocycles. The average molecular weight is 1930 g/mol. The summed E-state index contributed by atoms with van der Waals surface area (Å²) in [6.45, 7) is 11.5. The molecule has 0 bridgehead atoms. The Hall–Kier alpha value is -9.61. The molecule has 8 N–H and O–H groups in total. The summed E-state index contributed by atoms with van der Waals surface area (Å²) in [5, 5.41) is 28.1. The van der Waals surface area contributed by atoms with Gasteiger partial charge < -0.3 is 156 Å². The Kier molecular flexibility index (Phi) is 61.3. The first kappa shape index (κ1) is 119. The molecule has 0 aromatic heterocycles. The molecular formula is C85H139N7O42. The van der Waals surface area contributed by atoms with Gasteiger partial charge in [-0.15, -0.1) is 0 Å². The van der Waals surface area contributed by atoms with Gasteiger partial charge in [0.15, 0.2) is 55.5 Å². The van der Waals surface area contributed by atoms with Crippen molar-refractivity contribution in [3.8, 4) is 0 Å². The monoisotopic (exact) mass is 1930 g/mol. The maximum atomic E-state index is 14.0. The topological polar surface area (TPSA) is 616 Å². The number of carbonyl (C=O) groups is 17. The van der Waals surface area contributed by atoms with Gasteiger partial charge in [0.2, 0.25) is 41.4 Å². The van der Waals surface area contributed by atoms with Gasteiger partial charge in [0.1, 0.15) is 61.8 Å². The summed E-state index contributed by atoms with van der Waals surface area (Å²) in [7, 11) is 0. The summed E-state index contributed by atoms with van der Waals surface area (Å²) in [5.41, 5.74) is -1.47. The standard InChI is InChI=1S/C85H139N7O42/c1-53(93)89-73-79(129-62(10)102)76(126-59(7)99)65(47-123-56(4)96)132-82(73)120-44-41-114-38-35-111-32-26-86-68(105)23-29-117-50-85(92-71(108)21-19-17-15-13-14-16-18-20-22-72(109)110,51-118-30-24-69(106)87-27-33-112-36-39-115-42-45-121-83-74(90-54(2)94)80(130-63(11)103)77(127-60(8)100)66(133-83)48-124-57(5)97)52-119-31-25-70(107)88-28-34-113-37-40-116-43-46-122-84-75(91-55(3)95)81(131-64(12)104)78(128-61(9)101)67(134-84)49-125-58(6)98/h65-67,73-84H,13-52H2,1-12H3,(H,86,105)(H,87,106)(H,88,107)(H,89,93)(H,90,94)(H,91,95)(H,92,108)(H,109,110). The highest BCUT2D eigenvalue weighted by Crippen LogP contribution is 2.32. The molecule has 0 aliphatic carbocycles. The third-order valence-corrected chi connectivity index (χ3v) is 19.1. The average Bonchev–Trinajstić information content (AvgIpc) is 0.793. The van der Waals surface area contributed by atoms with E-state index in [9.17, 15) is 81.5 Å². The lowest BCUT2D eigenvalue weighted by Crippen LogP contribution is -2.66. The van der Waals surface area contributed by atoms with Crippen molar-refractivity contribution >= 4 is 101 Å². The zero-order valence-electron chi connectivity index (χ0n) is 78.6. The summed E-state index contributed by atoms with van der Waals surface area (Å²) in [6.07, 6.45) is -9.60. The molecule has 766 valence electrons. The number of rotatable bonds is 72. The number of hydrogen-bond donors (Lipinski definition) is 8. The van der Waals surface area contributed by atoms with Gasteiger partial charge in [0.25, 0.3) is 0 Å². The molecule has 0 aromatic rings. The van der Waals surface area contributed by atoms with E-state index >= 15 is 0 Å². The second kappa shape index (κ2) is 69.2. The molecule has 15 atom stereocenters. The maximum Gasteiger partial charge on any atom is 0.303 e. The lowest BCUT2D eigenvalue weighted by atomic mass is 9.96. The van der Waals surface area contributed by atoms with Gasteiger partial charge in [0.05, 0.1) is 139 Å². The molecule has 15 unspecified atom stereocenters. The normalized spacial score (nSPS) is 21.8. The number of aliphatic carboxylic acids is 1. The second-order valence-corrected chi connectivity index (χ2v) is 31.0. The Balaban J connectivity index is 1.66. The molecule has 3 aliphatic heterocycles. The van der Waals surface area contributed by atoms with E-state index in [1.54, 1.807) is 0 Å². The molecule has 0 aromatic carbocycles. The van der Waals surface area contributed by atoms with Crippen LogP contribution in [-0.2, 0) is 195 Å². The highest BCUT2D eigenvalue weighted by molar-refractivity contribution is 5.79. The first-order valence-electron chi connectivity index (χ1n) is 44.5. The number of carbonyl (C=O) groups excluding carboxylic acids is 16. The van der Waals surface area contributed by atoms with E-state index in [-0.39, 0.29) is 190 Å². The first-order valence-corrected chi connectivity index (χ1v) is 44.5. The van der Waals surface area contributed by atoms with Gasteiger partial charge in [-0.3, -0.25) is 81.5 Å². The molecule has 0 spiro atoms. The Labute approximate surface area is 777 Å². The molecule has 7 amide bonds. The van der Waals surface area contributed by atoms with E-state index in [0.29, 0.717) is 19.3 Å². The summed E-state index contributed by atoms with van der Waals surface area (Å²) in [5.74, 6) is -10.9. The minimum Gasteiger partial charge on any atom is -0.481 e. The van der Waals surface area contributed by atoms with Gasteiger partial charge in [-0.1, -0.05) is 38.5 Å². The summed E-state index contributed by atoms with van der Waals surface area (Å²) < 4.78 is 136. The summed E-state index contributed by atoms with van der Waals surface area (Å²) in [4.78, 5) is 210. The van der Waals surface area contributed by atoms with Crippen molar-refractivity contribution in [2.24, 2.45) is 0 Å². The second-order valence-electron chi connectivity index (χ2n) is 31.0. The molecule has 49 heteroatoms. The minimum absolute atomic E-state index is 0.0261. The molecule has 134 heavy (non-hydrogen) atoms. The van der Waals surface area contributed by atoms with Crippen LogP contribution < -0.4 is 37.2 Å². The Morgan fingerprint density at radius 3 is 0.769 bits per heavy atom. The van der Waals surface area contributed by atoms with Crippen LogP contribution >= 0.6 is 0 Å². The van der Waals surface area contributed by atoms with Crippen LogP contribution in [-0.4, -0.2) is 382 Å². The van der Waals surface area contributed by atoms with Crippen LogP contribution in [0.4, 0.5) is 0 Å². The molecule has 3 aliphatic rings. The summed E-state index contributed by atoms with van der Waals surface area (Å²) >= 11 is 0. The fourth-order valence-electron chi connectivity index (χ4n) is 13.5. The number of amides is 7. The SMILES string of the molecule is CC(=O)NC1C(OCCOCCOCCNC(=O)CCOCC(COCCC(=O)NCCOCCOCCOC2OC(COC(C)=O)C(OC(C)=O)C(OC(C)=O)C2NC(C)=O)(COCCC(=O)NCCOCCOCCOC2OC(COC(C)=O)C(OC(C)=O)C(OC(C)=O)C2NC(C)=O)NC(=O)CCCCCCCCCCC(=O)O)OC(COC(C)=O)C(OC(C)=O)C1OC(C)=O.